The van der Waals surface area contributed by atoms with Crippen LogP contribution >= 0.6 is 0 Å². The molecule has 2 aromatic carbocycles. The number of benzene rings is 2. The highest BCUT2D eigenvalue weighted by Gasteiger charge is 2.24. The van der Waals surface area contributed by atoms with Gasteiger partial charge in [-0.1, -0.05) is 12.1 Å². The maximum absolute atomic E-state index is 5.10. The Morgan fingerprint density at radius 2 is 1.66 bits per heavy atom. The number of nitrogens with one attached hydrogen (secondary N) is 1. The van der Waals surface area contributed by atoms with Gasteiger partial charge in [0.2, 0.25) is 5.95 Å². The van der Waals surface area contributed by atoms with E-state index in [-0.39, 0.29) is 5.54 Å². The first kappa shape index (κ1) is 19.9. The monoisotopic (exact) mass is 423 g/mol. The van der Waals surface area contributed by atoms with Crippen LogP contribution in [-0.2, 0) is 5.54 Å². The van der Waals surface area contributed by atoms with Crippen LogP contribution in [0.3, 0.4) is 0 Å². The quantitative estimate of drug-likeness (QED) is 0.414. The first-order chi connectivity index (χ1) is 15.4. The molecule has 0 saturated heterocycles. The van der Waals surface area contributed by atoms with Crippen LogP contribution in [0.2, 0.25) is 0 Å². The third-order valence-electron chi connectivity index (χ3n) is 5.38. The predicted octanol–water partition coefficient (Wildman–Crippen LogP) is 5.49. The number of aryl methyl sites for hydroxylation is 1. The lowest BCUT2D eigenvalue weighted by Crippen LogP contribution is -2.23. The van der Waals surface area contributed by atoms with Gasteiger partial charge in [0, 0.05) is 41.6 Å². The summed E-state index contributed by atoms with van der Waals surface area (Å²) in [5.74, 6) is 2.41. The molecule has 1 N–H and O–H groups in total. The summed E-state index contributed by atoms with van der Waals surface area (Å²) in [4.78, 5) is 18.0. The molecule has 0 aliphatic carbocycles. The Morgan fingerprint density at radius 1 is 0.875 bits per heavy atom. The molecule has 32 heavy (non-hydrogen) atoms. The summed E-state index contributed by atoms with van der Waals surface area (Å²) in [5, 5.41) is 3.26. The molecule has 0 aliphatic rings. The van der Waals surface area contributed by atoms with Crippen LogP contribution in [0.1, 0.15) is 26.6 Å². The van der Waals surface area contributed by atoms with E-state index in [4.69, 9.17) is 4.98 Å². The minimum Gasteiger partial charge on any atom is -0.324 e. The molecule has 0 atom stereocenters. The summed E-state index contributed by atoms with van der Waals surface area (Å²) < 4.78 is 4.40. The van der Waals surface area contributed by atoms with Gasteiger partial charge in [-0.25, -0.2) is 19.9 Å². The number of anilines is 2. The van der Waals surface area contributed by atoms with Crippen molar-refractivity contribution >= 4 is 22.7 Å². The van der Waals surface area contributed by atoms with Crippen LogP contribution in [0.4, 0.5) is 11.6 Å². The molecular formula is C25H25N7. The van der Waals surface area contributed by atoms with Gasteiger partial charge in [0.15, 0.2) is 0 Å². The molecular weight excluding hydrogens is 398 g/mol. The van der Waals surface area contributed by atoms with Gasteiger partial charge >= 0.3 is 0 Å². The van der Waals surface area contributed by atoms with Gasteiger partial charge < -0.3 is 14.5 Å². The van der Waals surface area contributed by atoms with E-state index in [0.29, 0.717) is 5.95 Å². The third kappa shape index (κ3) is 3.51. The van der Waals surface area contributed by atoms with Crippen molar-refractivity contribution in [3.8, 4) is 17.1 Å². The van der Waals surface area contributed by atoms with Crippen molar-refractivity contribution in [2.24, 2.45) is 0 Å². The van der Waals surface area contributed by atoms with Crippen LogP contribution in [0.5, 0.6) is 0 Å². The van der Waals surface area contributed by atoms with E-state index in [1.807, 2.05) is 37.5 Å². The van der Waals surface area contributed by atoms with Crippen LogP contribution in [0, 0.1) is 6.92 Å². The lowest BCUT2D eigenvalue weighted by molar-refractivity contribution is 0.413. The molecule has 160 valence electrons. The number of nitrogens with zero attached hydrogens (tertiary/aromatic N) is 6. The van der Waals surface area contributed by atoms with Crippen LogP contribution < -0.4 is 5.32 Å². The Labute approximate surface area is 186 Å². The molecule has 0 spiro atoms. The van der Waals surface area contributed by atoms with E-state index in [0.717, 1.165) is 39.6 Å². The fourth-order valence-corrected chi connectivity index (χ4v) is 4.02. The Hall–Kier alpha value is -4.00. The summed E-state index contributed by atoms with van der Waals surface area (Å²) >= 11 is 0. The molecule has 3 heterocycles. The molecule has 0 bridgehead atoms. The molecule has 3 aromatic heterocycles. The summed E-state index contributed by atoms with van der Waals surface area (Å²) in [7, 11) is 0. The Kier molecular flexibility index (Phi) is 4.74. The highest BCUT2D eigenvalue weighted by molar-refractivity contribution is 5.86. The number of rotatable bonds is 4. The molecule has 7 nitrogen and oxygen atoms in total. The van der Waals surface area contributed by atoms with E-state index in [1.165, 1.54) is 0 Å². The fourth-order valence-electron chi connectivity index (χ4n) is 4.02. The van der Waals surface area contributed by atoms with Crippen LogP contribution in [-0.4, -0.2) is 29.1 Å². The molecule has 5 rings (SSSR count). The highest BCUT2D eigenvalue weighted by Crippen LogP contribution is 2.35. The minimum absolute atomic E-state index is 0.168. The molecule has 0 unspecified atom stereocenters. The zero-order valence-electron chi connectivity index (χ0n) is 18.6. The molecule has 0 saturated carbocycles. The van der Waals surface area contributed by atoms with E-state index in [2.05, 4.69) is 74.4 Å². The van der Waals surface area contributed by atoms with Crippen molar-refractivity contribution in [3.63, 3.8) is 0 Å². The van der Waals surface area contributed by atoms with Gasteiger partial charge in [-0.3, -0.25) is 0 Å². The van der Waals surface area contributed by atoms with E-state index < -0.39 is 0 Å². The first-order valence-corrected chi connectivity index (χ1v) is 10.6. The van der Waals surface area contributed by atoms with Crippen LogP contribution in [0.25, 0.3) is 28.1 Å². The Balaban J connectivity index is 1.69. The summed E-state index contributed by atoms with van der Waals surface area (Å²) in [6.07, 6.45) is 7.24. The van der Waals surface area contributed by atoms with Gasteiger partial charge in [-0.2, -0.15) is 0 Å². The number of aromatic nitrogens is 6. The molecule has 0 amide bonds. The fraction of sp³-hybridized carbons (Fsp3) is 0.200. The molecule has 7 heteroatoms. The number of hydrogen-bond acceptors (Lipinski definition) is 5. The zero-order valence-corrected chi connectivity index (χ0v) is 18.6. The number of fused-ring (bicyclic) bond motifs is 1. The van der Waals surface area contributed by atoms with E-state index in [1.54, 1.807) is 18.5 Å². The van der Waals surface area contributed by atoms with Crippen molar-refractivity contribution in [1.82, 2.24) is 29.1 Å². The highest BCUT2D eigenvalue weighted by atomic mass is 15.1. The van der Waals surface area contributed by atoms with Crippen molar-refractivity contribution in [1.29, 1.82) is 0 Å². The van der Waals surface area contributed by atoms with Crippen molar-refractivity contribution in [3.05, 3.63) is 79.1 Å². The van der Waals surface area contributed by atoms with Gasteiger partial charge in [0.25, 0.3) is 0 Å². The van der Waals surface area contributed by atoms with Gasteiger partial charge in [-0.15, -0.1) is 0 Å². The minimum atomic E-state index is -0.168. The zero-order chi connectivity index (χ0) is 22.3. The predicted molar refractivity (Wildman–Crippen MR) is 127 cm³/mol. The second kappa shape index (κ2) is 7.60. The summed E-state index contributed by atoms with van der Waals surface area (Å²) in [6.45, 7) is 8.61. The Bertz CT molecular complexity index is 1390. The lowest BCUT2D eigenvalue weighted by atomic mass is 10.1. The standard InChI is InChI=1S/C25H25N7/c1-17-26-14-15-31(17)21-9-6-5-8-19(21)23-30-20-16-18(29-24-27-12-7-13-28-24)10-11-22(20)32(23)25(2,3)4/h5-16H,1-4H3,(H,27,28,29). The first-order valence-electron chi connectivity index (χ1n) is 10.6. The lowest BCUT2D eigenvalue weighted by Gasteiger charge is -2.25. The summed E-state index contributed by atoms with van der Waals surface area (Å²) in [5.41, 5.74) is 4.82. The Morgan fingerprint density at radius 3 is 2.38 bits per heavy atom. The maximum atomic E-state index is 5.10. The van der Waals surface area contributed by atoms with Gasteiger partial charge in [0.05, 0.1) is 16.7 Å². The smallest absolute Gasteiger partial charge is 0.227 e. The average Bonchev–Trinajstić information content (AvgIpc) is 3.37. The summed E-state index contributed by atoms with van der Waals surface area (Å²) in [6, 6.07) is 16.3. The second-order valence-corrected chi connectivity index (χ2v) is 8.70. The number of para-hydroxylation sites is 1. The van der Waals surface area contributed by atoms with Gasteiger partial charge in [-0.05, 0) is 64.1 Å². The van der Waals surface area contributed by atoms with E-state index in [9.17, 15) is 0 Å². The maximum Gasteiger partial charge on any atom is 0.227 e. The number of hydrogen-bond donors (Lipinski definition) is 1. The molecule has 5 aromatic rings. The normalized spacial score (nSPS) is 11.8. The van der Waals surface area contributed by atoms with Crippen molar-refractivity contribution in [2.45, 2.75) is 33.2 Å². The van der Waals surface area contributed by atoms with Crippen LogP contribution in [0.15, 0.2) is 73.3 Å². The average molecular weight is 424 g/mol. The topological polar surface area (TPSA) is 73.5 Å². The van der Waals surface area contributed by atoms with Crippen molar-refractivity contribution < 1.29 is 0 Å². The third-order valence-corrected chi connectivity index (χ3v) is 5.38. The van der Waals surface area contributed by atoms with Crippen molar-refractivity contribution in [2.75, 3.05) is 5.32 Å². The molecule has 0 radical (unpaired) electrons. The molecule has 0 fully saturated rings. The molecule has 0 aliphatic heterocycles. The largest absolute Gasteiger partial charge is 0.324 e. The number of imidazole rings is 2. The SMILES string of the molecule is Cc1nccn1-c1ccccc1-c1nc2cc(Nc3ncccn3)ccc2n1C(C)(C)C. The second-order valence-electron chi connectivity index (χ2n) is 8.70. The van der Waals surface area contributed by atoms with Gasteiger partial charge in [0.1, 0.15) is 11.6 Å². The van der Waals surface area contributed by atoms with E-state index >= 15 is 0 Å².